The quantitative estimate of drug-likeness (QED) is 0.886. The highest BCUT2D eigenvalue weighted by atomic mass is 35.5. The average molecular weight is 264 g/mol. The zero-order chi connectivity index (χ0) is 11.6. The summed E-state index contributed by atoms with van der Waals surface area (Å²) in [7, 11) is 1.81. The molecule has 0 spiro atoms. The third kappa shape index (κ3) is 2.94. The fourth-order valence-electron chi connectivity index (χ4n) is 2.23. The van der Waals surface area contributed by atoms with E-state index in [4.69, 9.17) is 4.74 Å². The van der Waals surface area contributed by atoms with E-state index in [1.165, 1.54) is 12.1 Å². The summed E-state index contributed by atoms with van der Waals surface area (Å²) < 4.78 is 31.7. The molecule has 17 heavy (non-hydrogen) atoms. The summed E-state index contributed by atoms with van der Waals surface area (Å²) in [6.07, 6.45) is 1.46. The predicted molar refractivity (Wildman–Crippen MR) is 64.4 cm³/mol. The molecular formula is C12H16ClF2NO. The summed E-state index contributed by atoms with van der Waals surface area (Å²) in [4.78, 5) is 0. The van der Waals surface area contributed by atoms with Crippen LogP contribution in [0.4, 0.5) is 8.78 Å². The molecule has 1 aromatic rings. The molecule has 2 nitrogen and oxygen atoms in total. The van der Waals surface area contributed by atoms with Gasteiger partial charge in [0.15, 0.2) is 0 Å². The molecule has 2 rings (SSSR count). The monoisotopic (exact) mass is 263 g/mol. The van der Waals surface area contributed by atoms with Crippen LogP contribution in [0.1, 0.15) is 18.4 Å². The third-order valence-electron chi connectivity index (χ3n) is 3.24. The van der Waals surface area contributed by atoms with Crippen molar-refractivity contribution < 1.29 is 13.5 Å². The molecule has 0 radical (unpaired) electrons. The molecular weight excluding hydrogens is 248 g/mol. The second-order valence-corrected chi connectivity index (χ2v) is 4.10. The van der Waals surface area contributed by atoms with Crippen molar-refractivity contribution in [3.63, 3.8) is 0 Å². The van der Waals surface area contributed by atoms with E-state index in [0.29, 0.717) is 18.8 Å². The topological polar surface area (TPSA) is 21.3 Å². The van der Waals surface area contributed by atoms with Gasteiger partial charge in [0.25, 0.3) is 0 Å². The Balaban J connectivity index is 0.00000144. The Hall–Kier alpha value is -0.710. The Bertz CT molecular complexity index is 361. The molecule has 0 atom stereocenters. The lowest BCUT2D eigenvalue weighted by molar-refractivity contribution is 0.0396. The SMILES string of the molecule is CNC1(c2cc(F)cc(F)c2)CCOCC1.Cl. The second-order valence-electron chi connectivity index (χ2n) is 4.10. The van der Waals surface area contributed by atoms with E-state index in [1.54, 1.807) is 0 Å². The molecule has 1 aliphatic rings. The average Bonchev–Trinajstić information content (AvgIpc) is 2.28. The molecule has 5 heteroatoms. The van der Waals surface area contributed by atoms with Crippen molar-refractivity contribution in [1.29, 1.82) is 0 Å². The largest absolute Gasteiger partial charge is 0.381 e. The maximum Gasteiger partial charge on any atom is 0.126 e. The Labute approximate surface area is 106 Å². The van der Waals surface area contributed by atoms with Gasteiger partial charge < -0.3 is 10.1 Å². The van der Waals surface area contributed by atoms with E-state index in [-0.39, 0.29) is 17.9 Å². The fraction of sp³-hybridized carbons (Fsp3) is 0.500. The Morgan fingerprint density at radius 2 is 1.65 bits per heavy atom. The zero-order valence-corrected chi connectivity index (χ0v) is 10.4. The van der Waals surface area contributed by atoms with Crippen LogP contribution in [0.2, 0.25) is 0 Å². The van der Waals surface area contributed by atoms with Crippen molar-refractivity contribution in [2.24, 2.45) is 0 Å². The van der Waals surface area contributed by atoms with Crippen LogP contribution in [0.25, 0.3) is 0 Å². The highest BCUT2D eigenvalue weighted by Crippen LogP contribution is 2.32. The van der Waals surface area contributed by atoms with Crippen LogP contribution in [0.5, 0.6) is 0 Å². The molecule has 1 aliphatic heterocycles. The van der Waals surface area contributed by atoms with Gasteiger partial charge in [-0.05, 0) is 37.6 Å². The van der Waals surface area contributed by atoms with Gasteiger partial charge >= 0.3 is 0 Å². The van der Waals surface area contributed by atoms with Crippen LogP contribution < -0.4 is 5.32 Å². The Morgan fingerprint density at radius 1 is 1.12 bits per heavy atom. The van der Waals surface area contributed by atoms with Crippen LogP contribution in [0.15, 0.2) is 18.2 Å². The van der Waals surface area contributed by atoms with Gasteiger partial charge in [0.05, 0.1) is 0 Å². The molecule has 1 saturated heterocycles. The van der Waals surface area contributed by atoms with Gasteiger partial charge in [-0.25, -0.2) is 8.78 Å². The van der Waals surface area contributed by atoms with E-state index in [1.807, 2.05) is 7.05 Å². The van der Waals surface area contributed by atoms with Gasteiger partial charge in [-0.1, -0.05) is 0 Å². The van der Waals surface area contributed by atoms with E-state index in [2.05, 4.69) is 5.32 Å². The number of nitrogens with one attached hydrogen (secondary N) is 1. The second kappa shape index (κ2) is 5.76. The summed E-state index contributed by atoms with van der Waals surface area (Å²) in [6.45, 7) is 1.22. The first-order valence-electron chi connectivity index (χ1n) is 5.39. The molecule has 0 aliphatic carbocycles. The van der Waals surface area contributed by atoms with E-state index < -0.39 is 11.6 Å². The number of benzene rings is 1. The first-order valence-corrected chi connectivity index (χ1v) is 5.39. The van der Waals surface area contributed by atoms with Gasteiger partial charge in [0.1, 0.15) is 11.6 Å². The molecule has 0 amide bonds. The summed E-state index contributed by atoms with van der Waals surface area (Å²) >= 11 is 0. The summed E-state index contributed by atoms with van der Waals surface area (Å²) in [5, 5.41) is 3.17. The van der Waals surface area contributed by atoms with Crippen LogP contribution >= 0.6 is 12.4 Å². The number of hydrogen-bond acceptors (Lipinski definition) is 2. The van der Waals surface area contributed by atoms with Crippen LogP contribution in [0, 0.1) is 11.6 Å². The molecule has 0 bridgehead atoms. The van der Waals surface area contributed by atoms with Gasteiger partial charge in [0, 0.05) is 24.8 Å². The fourth-order valence-corrected chi connectivity index (χ4v) is 2.23. The van der Waals surface area contributed by atoms with Gasteiger partial charge in [0.2, 0.25) is 0 Å². The van der Waals surface area contributed by atoms with E-state index in [0.717, 1.165) is 18.9 Å². The maximum absolute atomic E-state index is 13.2. The highest BCUT2D eigenvalue weighted by molar-refractivity contribution is 5.85. The van der Waals surface area contributed by atoms with Crippen LogP contribution in [-0.2, 0) is 10.3 Å². The van der Waals surface area contributed by atoms with Crippen molar-refractivity contribution >= 4 is 12.4 Å². The lowest BCUT2D eigenvalue weighted by atomic mass is 9.83. The van der Waals surface area contributed by atoms with E-state index >= 15 is 0 Å². The molecule has 1 heterocycles. The standard InChI is InChI=1S/C12H15F2NO.ClH/c1-15-12(2-4-16-5-3-12)9-6-10(13)8-11(14)7-9;/h6-8,15H,2-5H2,1H3;1H. The van der Waals surface area contributed by atoms with E-state index in [9.17, 15) is 8.78 Å². The van der Waals surface area contributed by atoms with Crippen LogP contribution in [0.3, 0.4) is 0 Å². The van der Waals surface area contributed by atoms with Crippen molar-refractivity contribution in [1.82, 2.24) is 5.32 Å². The summed E-state index contributed by atoms with van der Waals surface area (Å²) in [6, 6.07) is 3.68. The van der Waals surface area contributed by atoms with Gasteiger partial charge in [-0.3, -0.25) is 0 Å². The number of ether oxygens (including phenoxy) is 1. The van der Waals surface area contributed by atoms with Crippen LogP contribution in [-0.4, -0.2) is 20.3 Å². The van der Waals surface area contributed by atoms with Crippen molar-refractivity contribution in [2.75, 3.05) is 20.3 Å². The number of hydrogen-bond donors (Lipinski definition) is 1. The zero-order valence-electron chi connectivity index (χ0n) is 9.63. The molecule has 1 aromatic carbocycles. The van der Waals surface area contributed by atoms with Gasteiger partial charge in [-0.2, -0.15) is 0 Å². The maximum atomic E-state index is 13.2. The minimum atomic E-state index is -0.531. The summed E-state index contributed by atoms with van der Waals surface area (Å²) in [5.41, 5.74) is 0.303. The smallest absolute Gasteiger partial charge is 0.126 e. The molecule has 1 N–H and O–H groups in total. The molecule has 96 valence electrons. The number of rotatable bonds is 2. The van der Waals surface area contributed by atoms with Crippen molar-refractivity contribution in [3.05, 3.63) is 35.4 Å². The highest BCUT2D eigenvalue weighted by Gasteiger charge is 2.33. The Kier molecular flexibility index (Phi) is 4.86. The first kappa shape index (κ1) is 14.4. The normalized spacial score (nSPS) is 18.5. The number of halogens is 3. The summed E-state index contributed by atoms with van der Waals surface area (Å²) in [5.74, 6) is -1.06. The molecule has 0 unspecified atom stereocenters. The van der Waals surface area contributed by atoms with Crippen molar-refractivity contribution in [3.8, 4) is 0 Å². The first-order chi connectivity index (χ1) is 7.66. The molecule has 0 saturated carbocycles. The predicted octanol–water partition coefficient (Wildman–Crippen LogP) is 2.61. The minimum Gasteiger partial charge on any atom is -0.381 e. The lowest BCUT2D eigenvalue weighted by Crippen LogP contribution is -2.44. The molecule has 1 fully saturated rings. The Morgan fingerprint density at radius 3 is 2.12 bits per heavy atom. The van der Waals surface area contributed by atoms with Crippen molar-refractivity contribution in [2.45, 2.75) is 18.4 Å². The third-order valence-corrected chi connectivity index (χ3v) is 3.24. The lowest BCUT2D eigenvalue weighted by Gasteiger charge is -2.37. The van der Waals surface area contributed by atoms with Gasteiger partial charge in [-0.15, -0.1) is 12.4 Å². The minimum absolute atomic E-state index is 0. The molecule has 0 aromatic heterocycles.